The summed E-state index contributed by atoms with van der Waals surface area (Å²) in [6.07, 6.45) is 8.67. The Labute approximate surface area is 114 Å². The molecular weight excluding hydrogens is 246 g/mol. The molecule has 0 radical (unpaired) electrons. The molecule has 0 atom stereocenters. The van der Waals surface area contributed by atoms with Gasteiger partial charge < -0.3 is 5.32 Å². The van der Waals surface area contributed by atoms with Crippen LogP contribution in [0.5, 0.6) is 0 Å². The summed E-state index contributed by atoms with van der Waals surface area (Å²) in [5, 5.41) is 11.9. The van der Waals surface area contributed by atoms with Crippen LogP contribution < -0.4 is 5.32 Å². The van der Waals surface area contributed by atoms with Gasteiger partial charge in [0.1, 0.15) is 0 Å². The lowest BCUT2D eigenvalue weighted by Crippen LogP contribution is -2.09. The minimum atomic E-state index is 0.494. The van der Waals surface area contributed by atoms with E-state index in [0.717, 1.165) is 29.9 Å². The van der Waals surface area contributed by atoms with Crippen LogP contribution in [0, 0.1) is 13.8 Å². The second-order valence-electron chi connectivity index (χ2n) is 4.87. The minimum Gasteiger partial charge on any atom is -0.368 e. The number of aromatic nitrogens is 2. The van der Waals surface area contributed by atoms with E-state index in [1.54, 1.807) is 5.57 Å². The summed E-state index contributed by atoms with van der Waals surface area (Å²) in [7, 11) is 0. The van der Waals surface area contributed by atoms with E-state index < -0.39 is 0 Å². The Hall–Kier alpha value is -1.09. The van der Waals surface area contributed by atoms with E-state index in [1.165, 1.54) is 25.7 Å². The van der Waals surface area contributed by atoms with Gasteiger partial charge in [0.2, 0.25) is 0 Å². The van der Waals surface area contributed by atoms with Crippen molar-refractivity contribution in [3.05, 3.63) is 27.9 Å². The Bertz CT molecular complexity index is 455. The lowest BCUT2D eigenvalue weighted by molar-refractivity contribution is 0.679. The zero-order valence-corrected chi connectivity index (χ0v) is 11.8. The monoisotopic (exact) mass is 265 g/mol. The molecule has 0 amide bonds. The van der Waals surface area contributed by atoms with E-state index in [2.05, 4.69) is 21.6 Å². The highest BCUT2D eigenvalue weighted by Crippen LogP contribution is 2.22. The molecule has 1 aliphatic rings. The quantitative estimate of drug-likeness (QED) is 0.835. The van der Waals surface area contributed by atoms with Gasteiger partial charge in [-0.2, -0.15) is 0 Å². The number of nitrogens with zero attached hydrogens (tertiary/aromatic N) is 2. The fraction of sp³-hybridized carbons (Fsp3) is 0.571. The van der Waals surface area contributed by atoms with Gasteiger partial charge in [-0.25, -0.2) is 0 Å². The van der Waals surface area contributed by atoms with Crippen LogP contribution in [0.2, 0.25) is 5.15 Å². The largest absolute Gasteiger partial charge is 0.368 e. The van der Waals surface area contributed by atoms with E-state index in [9.17, 15) is 0 Å². The number of hydrogen-bond donors (Lipinski definition) is 1. The van der Waals surface area contributed by atoms with E-state index in [0.29, 0.717) is 5.15 Å². The number of anilines is 1. The third kappa shape index (κ3) is 3.22. The Kier molecular flexibility index (Phi) is 4.59. The maximum Gasteiger partial charge on any atom is 0.155 e. The van der Waals surface area contributed by atoms with Crippen molar-refractivity contribution in [1.29, 1.82) is 0 Å². The summed E-state index contributed by atoms with van der Waals surface area (Å²) in [5.74, 6) is 0.855. The maximum atomic E-state index is 5.93. The number of halogens is 1. The molecule has 3 nitrogen and oxygen atoms in total. The van der Waals surface area contributed by atoms with E-state index >= 15 is 0 Å². The summed E-state index contributed by atoms with van der Waals surface area (Å²) in [6.45, 7) is 4.92. The van der Waals surface area contributed by atoms with E-state index in [-0.39, 0.29) is 0 Å². The van der Waals surface area contributed by atoms with Gasteiger partial charge in [-0.3, -0.25) is 0 Å². The van der Waals surface area contributed by atoms with Crippen molar-refractivity contribution in [3.8, 4) is 0 Å². The first-order valence-electron chi connectivity index (χ1n) is 6.59. The van der Waals surface area contributed by atoms with Crippen molar-refractivity contribution in [1.82, 2.24) is 10.2 Å². The maximum absolute atomic E-state index is 5.93. The molecule has 0 bridgehead atoms. The predicted molar refractivity (Wildman–Crippen MR) is 76.2 cm³/mol. The Morgan fingerprint density at radius 3 is 2.78 bits per heavy atom. The van der Waals surface area contributed by atoms with Crippen LogP contribution in [0.3, 0.4) is 0 Å². The molecule has 1 aromatic heterocycles. The van der Waals surface area contributed by atoms with Crippen LogP contribution in [-0.2, 0) is 0 Å². The lowest BCUT2D eigenvalue weighted by atomic mass is 9.97. The normalized spacial score (nSPS) is 15.4. The fourth-order valence-electron chi connectivity index (χ4n) is 2.22. The molecule has 1 N–H and O–H groups in total. The van der Waals surface area contributed by atoms with Crippen molar-refractivity contribution in [2.24, 2.45) is 0 Å². The number of rotatable bonds is 4. The average Bonchev–Trinajstić information content (AvgIpc) is 2.40. The molecule has 1 aromatic rings. The topological polar surface area (TPSA) is 37.8 Å². The van der Waals surface area contributed by atoms with Crippen LogP contribution in [0.4, 0.5) is 5.82 Å². The van der Waals surface area contributed by atoms with Crippen LogP contribution in [0.1, 0.15) is 43.2 Å². The number of nitrogens with one attached hydrogen (secondary N) is 1. The molecule has 0 unspecified atom stereocenters. The molecule has 98 valence electrons. The molecule has 0 spiro atoms. The molecule has 0 aromatic carbocycles. The molecule has 0 saturated carbocycles. The van der Waals surface area contributed by atoms with Crippen LogP contribution in [0.25, 0.3) is 0 Å². The summed E-state index contributed by atoms with van der Waals surface area (Å²) < 4.78 is 0. The first-order valence-corrected chi connectivity index (χ1v) is 6.97. The standard InChI is InChI=1S/C14H20ClN3/c1-10-11(2)14(18-17-13(10)15)16-9-8-12-6-4-3-5-7-12/h6H,3-5,7-9H2,1-2H3,(H,16,18). The van der Waals surface area contributed by atoms with Gasteiger partial charge in [-0.15, -0.1) is 10.2 Å². The van der Waals surface area contributed by atoms with Crippen molar-refractivity contribution >= 4 is 17.4 Å². The third-order valence-corrected chi connectivity index (χ3v) is 3.95. The van der Waals surface area contributed by atoms with Crippen molar-refractivity contribution in [3.63, 3.8) is 0 Å². The third-order valence-electron chi connectivity index (χ3n) is 3.59. The van der Waals surface area contributed by atoms with Gasteiger partial charge in [0.15, 0.2) is 11.0 Å². The van der Waals surface area contributed by atoms with Gasteiger partial charge in [0, 0.05) is 6.54 Å². The molecule has 1 aliphatic carbocycles. The second kappa shape index (κ2) is 6.19. The van der Waals surface area contributed by atoms with Crippen LogP contribution >= 0.6 is 11.6 Å². The van der Waals surface area contributed by atoms with Gasteiger partial charge >= 0.3 is 0 Å². The Morgan fingerprint density at radius 1 is 1.22 bits per heavy atom. The fourth-order valence-corrected chi connectivity index (χ4v) is 2.40. The zero-order chi connectivity index (χ0) is 13.0. The van der Waals surface area contributed by atoms with Crippen LogP contribution in [0.15, 0.2) is 11.6 Å². The predicted octanol–water partition coefficient (Wildman–Crippen LogP) is 4.05. The molecule has 0 fully saturated rings. The zero-order valence-electron chi connectivity index (χ0n) is 11.1. The highest BCUT2D eigenvalue weighted by molar-refractivity contribution is 6.30. The second-order valence-corrected chi connectivity index (χ2v) is 5.23. The van der Waals surface area contributed by atoms with Crippen molar-refractivity contribution in [2.75, 3.05) is 11.9 Å². The molecule has 2 rings (SSSR count). The van der Waals surface area contributed by atoms with E-state index in [4.69, 9.17) is 11.6 Å². The number of allylic oxidation sites excluding steroid dienone is 1. The van der Waals surface area contributed by atoms with Crippen molar-refractivity contribution in [2.45, 2.75) is 46.0 Å². The number of hydrogen-bond acceptors (Lipinski definition) is 3. The molecule has 1 heterocycles. The van der Waals surface area contributed by atoms with Gasteiger partial charge in [-0.1, -0.05) is 23.3 Å². The first kappa shape index (κ1) is 13.3. The molecule has 0 saturated heterocycles. The summed E-state index contributed by atoms with van der Waals surface area (Å²) in [4.78, 5) is 0. The van der Waals surface area contributed by atoms with Gasteiger partial charge in [0.25, 0.3) is 0 Å². The van der Waals surface area contributed by atoms with E-state index in [1.807, 2.05) is 13.8 Å². The highest BCUT2D eigenvalue weighted by atomic mass is 35.5. The molecule has 4 heteroatoms. The van der Waals surface area contributed by atoms with Gasteiger partial charge in [-0.05, 0) is 57.1 Å². The Morgan fingerprint density at radius 2 is 2.06 bits per heavy atom. The summed E-state index contributed by atoms with van der Waals surface area (Å²) in [6, 6.07) is 0. The van der Waals surface area contributed by atoms with Crippen LogP contribution in [-0.4, -0.2) is 16.7 Å². The van der Waals surface area contributed by atoms with Gasteiger partial charge in [0.05, 0.1) is 0 Å². The minimum absolute atomic E-state index is 0.494. The molecular formula is C14H20ClN3. The van der Waals surface area contributed by atoms with Crippen molar-refractivity contribution < 1.29 is 0 Å². The first-order chi connectivity index (χ1) is 8.68. The summed E-state index contributed by atoms with van der Waals surface area (Å²) >= 11 is 5.93. The lowest BCUT2D eigenvalue weighted by Gasteiger charge is -2.14. The highest BCUT2D eigenvalue weighted by Gasteiger charge is 2.08. The SMILES string of the molecule is Cc1c(Cl)nnc(NCCC2=CCCCC2)c1C. The average molecular weight is 266 g/mol. The molecule has 18 heavy (non-hydrogen) atoms. The Balaban J connectivity index is 1.90. The smallest absolute Gasteiger partial charge is 0.155 e. The summed E-state index contributed by atoms with van der Waals surface area (Å²) in [5.41, 5.74) is 3.67. The molecule has 0 aliphatic heterocycles.